The molecule has 0 spiro atoms. The third-order valence-electron chi connectivity index (χ3n) is 5.19. The molecule has 0 radical (unpaired) electrons. The van der Waals surface area contributed by atoms with Crippen molar-refractivity contribution in [3.05, 3.63) is 24.3 Å². The molecule has 2 nitrogen and oxygen atoms in total. The van der Waals surface area contributed by atoms with Crippen LogP contribution in [0, 0.1) is 23.2 Å². The van der Waals surface area contributed by atoms with Crippen molar-refractivity contribution in [3.63, 3.8) is 0 Å². The van der Waals surface area contributed by atoms with Crippen LogP contribution in [0.2, 0.25) is 0 Å². The van der Waals surface area contributed by atoms with Gasteiger partial charge in [0.2, 0.25) is 0 Å². The number of fused-ring (bicyclic) bond motifs is 3. The van der Waals surface area contributed by atoms with E-state index in [1.54, 1.807) is 0 Å². The average Bonchev–Trinajstić information content (AvgIpc) is 2.41. The van der Waals surface area contributed by atoms with Gasteiger partial charge < -0.3 is 9.69 Å². The molecule has 0 aromatic carbocycles. The molecule has 0 N–H and O–H groups in total. The van der Waals surface area contributed by atoms with Gasteiger partial charge in [-0.25, -0.2) is 0 Å². The Kier molecular flexibility index (Phi) is 2.70. The van der Waals surface area contributed by atoms with Gasteiger partial charge in [-0.15, -0.1) is 0 Å². The summed E-state index contributed by atoms with van der Waals surface area (Å²) >= 11 is 0. The minimum atomic E-state index is -0.238. The van der Waals surface area contributed by atoms with Crippen LogP contribution in [0.15, 0.2) is 24.3 Å². The van der Waals surface area contributed by atoms with Gasteiger partial charge in [-0.3, -0.25) is 0 Å². The van der Waals surface area contributed by atoms with Crippen LogP contribution in [0.3, 0.4) is 0 Å². The highest BCUT2D eigenvalue weighted by Crippen LogP contribution is 2.48. The second-order valence-electron chi connectivity index (χ2n) is 5.90. The van der Waals surface area contributed by atoms with Crippen LogP contribution in [-0.4, -0.2) is 30.8 Å². The van der Waals surface area contributed by atoms with Gasteiger partial charge in [0, 0.05) is 6.54 Å². The first-order chi connectivity index (χ1) is 8.26. The first kappa shape index (κ1) is 11.2. The minimum absolute atomic E-state index is 0.238. The summed E-state index contributed by atoms with van der Waals surface area (Å²) in [6.07, 6.45) is 12.3. The number of allylic oxidation sites excluding steroid dienone is 4. The molecule has 3 saturated heterocycles. The van der Waals surface area contributed by atoms with E-state index in [4.69, 9.17) is 0 Å². The maximum Gasteiger partial charge on any atom is 0.130 e. The van der Waals surface area contributed by atoms with Crippen LogP contribution in [-0.2, 0) is 4.79 Å². The fraction of sp³-hybridized carbons (Fsp3) is 0.667. The van der Waals surface area contributed by atoms with Gasteiger partial charge in [-0.2, -0.15) is 0 Å². The molecule has 2 heteroatoms. The Labute approximate surface area is 103 Å². The summed E-state index contributed by atoms with van der Waals surface area (Å²) in [4.78, 5) is 14.3. The summed E-state index contributed by atoms with van der Waals surface area (Å²) < 4.78 is 0. The van der Waals surface area contributed by atoms with E-state index in [0.29, 0.717) is 11.8 Å². The predicted molar refractivity (Wildman–Crippen MR) is 68.6 cm³/mol. The van der Waals surface area contributed by atoms with Gasteiger partial charge in [0.15, 0.2) is 0 Å². The standard InChI is InChI=1S/C15H21NO/c1-12-4-2-3-7-15(12,11-17)14-10-16-8-5-13(14)6-9-16/h2-4,7,11-14H,5-6,8-10H2,1H3. The topological polar surface area (TPSA) is 20.3 Å². The largest absolute Gasteiger partial charge is 0.303 e. The van der Waals surface area contributed by atoms with Crippen molar-refractivity contribution < 1.29 is 4.79 Å². The summed E-state index contributed by atoms with van der Waals surface area (Å²) in [5, 5.41) is 0. The third kappa shape index (κ3) is 1.61. The summed E-state index contributed by atoms with van der Waals surface area (Å²) in [6.45, 7) is 5.78. The normalized spacial score (nSPS) is 48.3. The Hall–Kier alpha value is -0.890. The van der Waals surface area contributed by atoms with Crippen LogP contribution in [0.25, 0.3) is 0 Å². The molecule has 1 aliphatic carbocycles. The van der Waals surface area contributed by atoms with Gasteiger partial charge in [0.1, 0.15) is 6.29 Å². The highest BCUT2D eigenvalue weighted by atomic mass is 16.1. The van der Waals surface area contributed by atoms with Crippen LogP contribution >= 0.6 is 0 Å². The Morgan fingerprint density at radius 2 is 2.06 bits per heavy atom. The number of hydrogen-bond acceptors (Lipinski definition) is 2. The van der Waals surface area contributed by atoms with Crippen molar-refractivity contribution in [3.8, 4) is 0 Å². The second kappa shape index (κ2) is 4.09. The zero-order valence-corrected chi connectivity index (χ0v) is 10.5. The number of carbonyl (C=O) groups excluding carboxylic acids is 1. The monoisotopic (exact) mass is 231 g/mol. The molecule has 3 atom stereocenters. The van der Waals surface area contributed by atoms with Crippen molar-refractivity contribution in [1.82, 2.24) is 4.90 Å². The molecular formula is C15H21NO. The van der Waals surface area contributed by atoms with E-state index in [0.717, 1.165) is 12.5 Å². The average molecular weight is 231 g/mol. The van der Waals surface area contributed by atoms with Gasteiger partial charge in [-0.05, 0) is 43.7 Å². The van der Waals surface area contributed by atoms with Gasteiger partial charge in [0.05, 0.1) is 5.41 Å². The minimum Gasteiger partial charge on any atom is -0.303 e. The van der Waals surface area contributed by atoms with Gasteiger partial charge >= 0.3 is 0 Å². The first-order valence-corrected chi connectivity index (χ1v) is 6.81. The molecule has 4 rings (SSSR count). The molecule has 4 aliphatic rings. The molecule has 2 bridgehead atoms. The highest BCUT2D eigenvalue weighted by molar-refractivity contribution is 5.66. The second-order valence-corrected chi connectivity index (χ2v) is 5.90. The van der Waals surface area contributed by atoms with Crippen LogP contribution in [0.5, 0.6) is 0 Å². The molecular weight excluding hydrogens is 210 g/mol. The van der Waals surface area contributed by atoms with Crippen molar-refractivity contribution in [1.29, 1.82) is 0 Å². The van der Waals surface area contributed by atoms with Crippen LogP contribution in [0.4, 0.5) is 0 Å². The maximum absolute atomic E-state index is 11.8. The summed E-state index contributed by atoms with van der Waals surface area (Å²) in [5.41, 5.74) is -0.238. The summed E-state index contributed by atoms with van der Waals surface area (Å²) in [5.74, 6) is 1.62. The van der Waals surface area contributed by atoms with Gasteiger partial charge in [-0.1, -0.05) is 31.2 Å². The smallest absolute Gasteiger partial charge is 0.130 e. The van der Waals surface area contributed by atoms with Crippen molar-refractivity contribution in [2.45, 2.75) is 19.8 Å². The Morgan fingerprint density at radius 1 is 1.29 bits per heavy atom. The number of aldehydes is 1. The van der Waals surface area contributed by atoms with E-state index in [9.17, 15) is 4.79 Å². The lowest BCUT2D eigenvalue weighted by molar-refractivity contribution is -0.123. The van der Waals surface area contributed by atoms with Crippen molar-refractivity contribution in [2.75, 3.05) is 19.6 Å². The number of carbonyl (C=O) groups is 1. The molecule has 3 unspecified atom stereocenters. The van der Waals surface area contributed by atoms with Crippen molar-refractivity contribution in [2.24, 2.45) is 23.2 Å². The van der Waals surface area contributed by atoms with E-state index < -0.39 is 0 Å². The Bertz CT molecular complexity index is 365. The molecule has 0 aromatic rings. The third-order valence-corrected chi connectivity index (χ3v) is 5.19. The highest BCUT2D eigenvalue weighted by Gasteiger charge is 2.48. The predicted octanol–water partition coefficient (Wildman–Crippen LogP) is 2.28. The van der Waals surface area contributed by atoms with E-state index >= 15 is 0 Å². The fourth-order valence-electron chi connectivity index (χ4n) is 4.00. The molecule has 3 aliphatic heterocycles. The maximum atomic E-state index is 11.8. The van der Waals surface area contributed by atoms with Crippen LogP contribution < -0.4 is 0 Å². The van der Waals surface area contributed by atoms with E-state index in [1.165, 1.54) is 32.2 Å². The quantitative estimate of drug-likeness (QED) is 0.680. The molecule has 0 amide bonds. The number of piperidine rings is 3. The molecule has 92 valence electrons. The number of hydrogen-bond donors (Lipinski definition) is 0. The van der Waals surface area contributed by atoms with E-state index in [1.807, 2.05) is 0 Å². The van der Waals surface area contributed by atoms with Crippen molar-refractivity contribution >= 4 is 6.29 Å². The number of rotatable bonds is 2. The zero-order valence-electron chi connectivity index (χ0n) is 10.5. The van der Waals surface area contributed by atoms with E-state index in [-0.39, 0.29) is 5.41 Å². The summed E-state index contributed by atoms with van der Waals surface area (Å²) in [7, 11) is 0. The Balaban J connectivity index is 1.93. The molecule has 3 fully saturated rings. The molecule has 17 heavy (non-hydrogen) atoms. The van der Waals surface area contributed by atoms with Crippen LogP contribution in [0.1, 0.15) is 19.8 Å². The fourth-order valence-corrected chi connectivity index (χ4v) is 4.00. The lowest BCUT2D eigenvalue weighted by Crippen LogP contribution is -2.55. The lowest BCUT2D eigenvalue weighted by atomic mass is 9.59. The SMILES string of the molecule is CC1C=CC=CC1(C=O)C1CN2CCC1CC2. The Morgan fingerprint density at radius 3 is 2.59 bits per heavy atom. The summed E-state index contributed by atoms with van der Waals surface area (Å²) in [6, 6.07) is 0. The molecule has 0 aromatic heterocycles. The molecule has 3 heterocycles. The lowest BCUT2D eigenvalue weighted by Gasteiger charge is -2.52. The molecule has 0 saturated carbocycles. The number of nitrogens with zero attached hydrogens (tertiary/aromatic N) is 1. The van der Waals surface area contributed by atoms with E-state index in [2.05, 4.69) is 36.1 Å². The van der Waals surface area contributed by atoms with Gasteiger partial charge in [0.25, 0.3) is 0 Å². The zero-order chi connectivity index (χ0) is 11.9. The first-order valence-electron chi connectivity index (χ1n) is 6.81.